The van der Waals surface area contributed by atoms with Gasteiger partial charge in [0.25, 0.3) is 0 Å². The average Bonchev–Trinajstić information content (AvgIpc) is 3.38. The van der Waals surface area contributed by atoms with Crippen molar-refractivity contribution in [3.8, 4) is 17.1 Å². The summed E-state index contributed by atoms with van der Waals surface area (Å²) >= 11 is 0. The zero-order valence-electron chi connectivity index (χ0n) is 16.2. The quantitative estimate of drug-likeness (QED) is 0.692. The third-order valence-corrected chi connectivity index (χ3v) is 3.93. The van der Waals surface area contributed by atoms with Gasteiger partial charge in [0, 0.05) is 18.1 Å². The predicted octanol–water partition coefficient (Wildman–Crippen LogP) is 2.44. The summed E-state index contributed by atoms with van der Waals surface area (Å²) in [4.78, 5) is 7.93. The Morgan fingerprint density at radius 3 is 2.45 bits per heavy atom. The van der Waals surface area contributed by atoms with E-state index in [0.717, 1.165) is 12.8 Å². The molecule has 1 aliphatic rings. The summed E-state index contributed by atoms with van der Waals surface area (Å²) < 4.78 is 34.3. The third kappa shape index (κ3) is 4.71. The number of nitrogen functional groups attached to an aromatic ring is 1. The molecule has 1 aliphatic carbocycles. The molecule has 6 radical (unpaired) electrons. The molecule has 2 N–H and O–H groups in total. The highest BCUT2D eigenvalue weighted by Gasteiger charge is 2.31. The molecule has 6 nitrogen and oxygen atoms in total. The van der Waals surface area contributed by atoms with Crippen molar-refractivity contribution in [1.82, 2.24) is 19.6 Å². The fourth-order valence-corrected chi connectivity index (χ4v) is 2.65. The third-order valence-electron chi connectivity index (χ3n) is 3.93. The Morgan fingerprint density at radius 2 is 1.86 bits per heavy atom. The van der Waals surface area contributed by atoms with Gasteiger partial charge in [-0.05, 0) is 18.1 Å². The molecule has 1 saturated carbocycles. The van der Waals surface area contributed by atoms with Gasteiger partial charge in [0.2, 0.25) is 0 Å². The standard InChI is InChI=1S/C15H10B3F2N5O.C3H8/c16-15(17,18)26-10-4-11-22-5-9(25(11)24-12(10)6-1-2-6)13-7(19)3-8(20)14(21)23-13;1-3-2/h3-6H,1-2H2,(H2,21,23);3H2,1-2H3. The first kappa shape index (κ1) is 21.1. The highest BCUT2D eigenvalue weighted by Crippen LogP contribution is 2.44. The second kappa shape index (κ2) is 8.04. The van der Waals surface area contributed by atoms with Crippen LogP contribution in [-0.4, -0.2) is 48.4 Å². The van der Waals surface area contributed by atoms with Gasteiger partial charge < -0.3 is 10.5 Å². The van der Waals surface area contributed by atoms with E-state index in [1.165, 1.54) is 17.1 Å². The summed E-state index contributed by atoms with van der Waals surface area (Å²) in [5.41, 5.74) is 6.41. The zero-order chi connectivity index (χ0) is 21.3. The minimum absolute atomic E-state index is 0.142. The minimum Gasteiger partial charge on any atom is -0.514 e. The van der Waals surface area contributed by atoms with E-state index in [-0.39, 0.29) is 17.3 Å². The molecule has 1 fully saturated rings. The van der Waals surface area contributed by atoms with Gasteiger partial charge >= 0.3 is 0 Å². The number of hydrogen-bond donors (Lipinski definition) is 1. The Labute approximate surface area is 171 Å². The fraction of sp³-hybridized carbons (Fsp3) is 0.389. The molecule has 3 aromatic rings. The number of hydrogen-bond acceptors (Lipinski definition) is 5. The highest BCUT2D eigenvalue weighted by molar-refractivity contribution is 6.58. The maximum Gasteiger partial charge on any atom is 0.168 e. The van der Waals surface area contributed by atoms with E-state index in [1.807, 2.05) is 0 Å². The molecular formula is C18H18B3F2N5O. The first-order chi connectivity index (χ1) is 13.6. The van der Waals surface area contributed by atoms with Crippen LogP contribution >= 0.6 is 0 Å². The summed E-state index contributed by atoms with van der Waals surface area (Å²) in [6, 6.07) is 2.22. The molecule has 11 heteroatoms. The molecule has 3 aromatic heterocycles. The Bertz CT molecular complexity index is 1030. The number of pyridine rings is 1. The van der Waals surface area contributed by atoms with Crippen LogP contribution in [0.3, 0.4) is 0 Å². The Balaban J connectivity index is 0.000000755. The molecule has 3 heterocycles. The number of imidazole rings is 1. The lowest BCUT2D eigenvalue weighted by Gasteiger charge is -2.24. The first-order valence-electron chi connectivity index (χ1n) is 9.20. The van der Waals surface area contributed by atoms with Crippen LogP contribution in [0, 0.1) is 11.6 Å². The van der Waals surface area contributed by atoms with Crippen LogP contribution in [0.5, 0.6) is 5.75 Å². The van der Waals surface area contributed by atoms with Crippen molar-refractivity contribution in [1.29, 1.82) is 0 Å². The van der Waals surface area contributed by atoms with E-state index in [1.54, 1.807) is 6.07 Å². The minimum atomic E-state index is -1.88. The largest absolute Gasteiger partial charge is 0.514 e. The van der Waals surface area contributed by atoms with E-state index in [4.69, 9.17) is 34.0 Å². The second-order valence-electron chi connectivity index (χ2n) is 6.93. The summed E-state index contributed by atoms with van der Waals surface area (Å²) in [5, 5.41) is 2.60. The summed E-state index contributed by atoms with van der Waals surface area (Å²) in [5.74, 6) is -1.79. The van der Waals surface area contributed by atoms with Gasteiger partial charge in [-0.2, -0.15) is 5.10 Å². The molecule has 0 aliphatic heterocycles. The fourth-order valence-electron chi connectivity index (χ4n) is 2.65. The van der Waals surface area contributed by atoms with Crippen molar-refractivity contribution in [2.24, 2.45) is 0 Å². The van der Waals surface area contributed by atoms with Crippen molar-refractivity contribution in [2.45, 2.75) is 44.3 Å². The Morgan fingerprint density at radius 1 is 1.21 bits per heavy atom. The van der Waals surface area contributed by atoms with E-state index >= 15 is 0 Å². The van der Waals surface area contributed by atoms with Crippen molar-refractivity contribution in [2.75, 3.05) is 5.73 Å². The number of halogens is 2. The summed E-state index contributed by atoms with van der Waals surface area (Å²) in [6.07, 6.45) is 4.41. The van der Waals surface area contributed by atoms with Crippen molar-refractivity contribution >= 4 is 35.0 Å². The molecule has 0 unspecified atom stereocenters. The molecule has 0 bridgehead atoms. The van der Waals surface area contributed by atoms with Crippen LogP contribution < -0.4 is 10.5 Å². The molecule has 0 saturated heterocycles. The van der Waals surface area contributed by atoms with Crippen LogP contribution in [0.15, 0.2) is 18.3 Å². The maximum absolute atomic E-state index is 14.2. The topological polar surface area (TPSA) is 78.3 Å². The van der Waals surface area contributed by atoms with Gasteiger partial charge in [-0.15, -0.1) is 0 Å². The van der Waals surface area contributed by atoms with Crippen molar-refractivity contribution < 1.29 is 13.5 Å². The summed E-state index contributed by atoms with van der Waals surface area (Å²) in [7, 11) is 16.6. The maximum atomic E-state index is 14.2. The number of ether oxygens (including phenoxy) is 1. The predicted molar refractivity (Wildman–Crippen MR) is 109 cm³/mol. The van der Waals surface area contributed by atoms with Crippen LogP contribution in [0.4, 0.5) is 14.6 Å². The van der Waals surface area contributed by atoms with Crippen LogP contribution in [0.1, 0.15) is 44.7 Å². The number of nitrogens with zero attached hydrogens (tertiary/aromatic N) is 4. The SMILES string of the molecule is CCC.[B]C([B])([B])Oc1cc2ncc(-c3nc(N)c(F)cc3F)n2nc1C1CC1. The lowest BCUT2D eigenvalue weighted by molar-refractivity contribution is 0.312. The second-order valence-corrected chi connectivity index (χ2v) is 6.93. The molecule has 0 aromatic carbocycles. The number of anilines is 1. The number of rotatable bonds is 4. The van der Waals surface area contributed by atoms with Gasteiger partial charge in [-0.1, -0.05) is 20.3 Å². The van der Waals surface area contributed by atoms with Crippen LogP contribution in [0.2, 0.25) is 0 Å². The Hall–Kier alpha value is -2.58. The molecular weight excluding hydrogens is 373 g/mol. The van der Waals surface area contributed by atoms with Gasteiger partial charge in [-0.3, -0.25) is 0 Å². The van der Waals surface area contributed by atoms with Crippen LogP contribution in [0.25, 0.3) is 17.0 Å². The molecule has 144 valence electrons. The van der Waals surface area contributed by atoms with Gasteiger partial charge in [0.05, 0.1) is 6.20 Å². The summed E-state index contributed by atoms with van der Waals surface area (Å²) in [6.45, 7) is 4.25. The van der Waals surface area contributed by atoms with Crippen LogP contribution in [-0.2, 0) is 0 Å². The zero-order valence-corrected chi connectivity index (χ0v) is 16.2. The normalized spacial score (nSPS) is 13.8. The smallest absolute Gasteiger partial charge is 0.168 e. The lowest BCUT2D eigenvalue weighted by Crippen LogP contribution is -2.38. The number of aromatic nitrogens is 4. The average molecular weight is 391 g/mol. The van der Waals surface area contributed by atoms with Crippen molar-refractivity contribution in [3.63, 3.8) is 0 Å². The van der Waals surface area contributed by atoms with Gasteiger partial charge in [-0.25, -0.2) is 23.3 Å². The monoisotopic (exact) mass is 391 g/mol. The van der Waals surface area contributed by atoms with E-state index in [9.17, 15) is 8.78 Å². The van der Waals surface area contributed by atoms with Gasteiger partial charge in [0.15, 0.2) is 23.1 Å². The Kier molecular flexibility index (Phi) is 5.86. The van der Waals surface area contributed by atoms with Gasteiger partial charge in [0.1, 0.15) is 46.4 Å². The first-order valence-corrected chi connectivity index (χ1v) is 9.20. The molecule has 0 amide bonds. The molecule has 0 atom stereocenters. The number of fused-ring (bicyclic) bond motifs is 1. The lowest BCUT2D eigenvalue weighted by atomic mass is 9.52. The molecule has 29 heavy (non-hydrogen) atoms. The molecule has 0 spiro atoms. The number of nitrogens with two attached hydrogens (primary N) is 1. The van der Waals surface area contributed by atoms with Crippen molar-refractivity contribution in [3.05, 3.63) is 35.7 Å². The highest BCUT2D eigenvalue weighted by atomic mass is 19.1. The van der Waals surface area contributed by atoms with E-state index < -0.39 is 22.8 Å². The van der Waals surface area contributed by atoms with E-state index in [2.05, 4.69) is 28.9 Å². The molecule has 4 rings (SSSR count). The van der Waals surface area contributed by atoms with E-state index in [0.29, 0.717) is 23.2 Å².